The molecule has 1 unspecified atom stereocenters. The van der Waals surface area contributed by atoms with Crippen LogP contribution in [-0.4, -0.2) is 78.1 Å². The molecular formula is C13H22N4O4. The molecule has 2 aliphatic rings. The first kappa shape index (κ1) is 15.6. The average molecular weight is 298 g/mol. The second-order valence-electron chi connectivity index (χ2n) is 5.42. The summed E-state index contributed by atoms with van der Waals surface area (Å²) in [6.45, 7) is 3.03. The minimum Gasteiger partial charge on any atom is -0.480 e. The topological polar surface area (TPSA) is 102 Å². The van der Waals surface area contributed by atoms with Crippen LogP contribution in [0.25, 0.3) is 0 Å². The van der Waals surface area contributed by atoms with Crippen LogP contribution in [0.1, 0.15) is 19.3 Å². The monoisotopic (exact) mass is 298 g/mol. The number of hydrogen-bond acceptors (Lipinski definition) is 4. The van der Waals surface area contributed by atoms with Gasteiger partial charge < -0.3 is 20.6 Å². The summed E-state index contributed by atoms with van der Waals surface area (Å²) in [6, 6.07) is -1.49. The third-order valence-corrected chi connectivity index (χ3v) is 3.88. The molecule has 118 valence electrons. The highest BCUT2D eigenvalue weighted by Gasteiger charge is 2.35. The highest BCUT2D eigenvalue weighted by Crippen LogP contribution is 2.08. The second kappa shape index (κ2) is 7.26. The standard InChI is InChI=1S/C13H22N4O4/c18-11-9-17(10(8-15-11)12(19)20)13(21)14-4-7-16-5-2-1-3-6-16/h10H,1-9H2,(H,14,21)(H,15,18)(H,19,20). The van der Waals surface area contributed by atoms with Gasteiger partial charge in [-0.25, -0.2) is 9.59 Å². The van der Waals surface area contributed by atoms with E-state index in [9.17, 15) is 14.4 Å². The molecule has 3 amide bonds. The Labute approximate surface area is 123 Å². The van der Waals surface area contributed by atoms with E-state index in [1.165, 1.54) is 19.3 Å². The Kier molecular flexibility index (Phi) is 5.38. The highest BCUT2D eigenvalue weighted by atomic mass is 16.4. The molecule has 1 atom stereocenters. The number of urea groups is 1. The van der Waals surface area contributed by atoms with Gasteiger partial charge in [0, 0.05) is 19.6 Å². The van der Waals surface area contributed by atoms with Crippen LogP contribution in [0.2, 0.25) is 0 Å². The largest absolute Gasteiger partial charge is 0.480 e. The van der Waals surface area contributed by atoms with E-state index in [1.54, 1.807) is 0 Å². The summed E-state index contributed by atoms with van der Waals surface area (Å²) in [5.74, 6) is -1.44. The summed E-state index contributed by atoms with van der Waals surface area (Å²) in [5.41, 5.74) is 0. The van der Waals surface area contributed by atoms with Gasteiger partial charge in [-0.05, 0) is 25.9 Å². The predicted octanol–water partition coefficient (Wildman–Crippen LogP) is -0.933. The van der Waals surface area contributed by atoms with Crippen molar-refractivity contribution in [3.63, 3.8) is 0 Å². The molecule has 0 spiro atoms. The van der Waals surface area contributed by atoms with Crippen LogP contribution in [-0.2, 0) is 9.59 Å². The minimum atomic E-state index is -1.11. The van der Waals surface area contributed by atoms with E-state index in [4.69, 9.17) is 5.11 Å². The lowest BCUT2D eigenvalue weighted by Gasteiger charge is -2.33. The molecule has 0 radical (unpaired) electrons. The lowest BCUT2D eigenvalue weighted by molar-refractivity contribution is -0.144. The number of carboxylic acids is 1. The van der Waals surface area contributed by atoms with Gasteiger partial charge >= 0.3 is 12.0 Å². The summed E-state index contributed by atoms with van der Waals surface area (Å²) in [5, 5.41) is 14.3. The van der Waals surface area contributed by atoms with Crippen LogP contribution < -0.4 is 10.6 Å². The van der Waals surface area contributed by atoms with Crippen molar-refractivity contribution in [2.75, 3.05) is 39.3 Å². The van der Waals surface area contributed by atoms with E-state index < -0.39 is 18.0 Å². The van der Waals surface area contributed by atoms with E-state index >= 15 is 0 Å². The van der Waals surface area contributed by atoms with Gasteiger partial charge in [0.05, 0.1) is 0 Å². The molecule has 2 heterocycles. The molecule has 0 saturated carbocycles. The fourth-order valence-electron chi connectivity index (χ4n) is 2.68. The van der Waals surface area contributed by atoms with Gasteiger partial charge in [0.25, 0.3) is 0 Å². The maximum atomic E-state index is 12.1. The fourth-order valence-corrected chi connectivity index (χ4v) is 2.68. The lowest BCUT2D eigenvalue weighted by Crippen LogP contribution is -2.61. The van der Waals surface area contributed by atoms with E-state index in [0.717, 1.165) is 24.5 Å². The number of hydrogen-bond donors (Lipinski definition) is 3. The van der Waals surface area contributed by atoms with Gasteiger partial charge in [-0.15, -0.1) is 0 Å². The zero-order chi connectivity index (χ0) is 15.2. The number of nitrogens with zero attached hydrogens (tertiary/aromatic N) is 2. The molecule has 8 nitrogen and oxygen atoms in total. The highest BCUT2D eigenvalue weighted by molar-refractivity contribution is 5.90. The van der Waals surface area contributed by atoms with Crippen molar-refractivity contribution in [3.05, 3.63) is 0 Å². The van der Waals surface area contributed by atoms with Crippen molar-refractivity contribution in [1.29, 1.82) is 0 Å². The van der Waals surface area contributed by atoms with Crippen molar-refractivity contribution in [1.82, 2.24) is 20.4 Å². The Hall–Kier alpha value is -1.83. The molecule has 0 aliphatic carbocycles. The minimum absolute atomic E-state index is 0.0479. The number of piperidine rings is 1. The van der Waals surface area contributed by atoms with Crippen LogP contribution in [0.4, 0.5) is 4.79 Å². The zero-order valence-electron chi connectivity index (χ0n) is 12.0. The molecule has 8 heteroatoms. The van der Waals surface area contributed by atoms with Crippen molar-refractivity contribution in [2.45, 2.75) is 25.3 Å². The first-order valence-corrected chi connectivity index (χ1v) is 7.34. The molecule has 0 aromatic heterocycles. The Bertz CT molecular complexity index is 409. The molecule has 21 heavy (non-hydrogen) atoms. The van der Waals surface area contributed by atoms with Crippen LogP contribution in [0.5, 0.6) is 0 Å². The lowest BCUT2D eigenvalue weighted by atomic mass is 10.1. The Morgan fingerprint density at radius 3 is 2.67 bits per heavy atom. The molecular weight excluding hydrogens is 276 g/mol. The number of nitrogens with one attached hydrogen (secondary N) is 2. The van der Waals surface area contributed by atoms with Crippen LogP contribution >= 0.6 is 0 Å². The Morgan fingerprint density at radius 1 is 1.29 bits per heavy atom. The Balaban J connectivity index is 1.79. The molecule has 0 aromatic carbocycles. The first-order chi connectivity index (χ1) is 10.1. The van der Waals surface area contributed by atoms with Gasteiger partial charge in [0.2, 0.25) is 5.91 Å². The van der Waals surface area contributed by atoms with Gasteiger partial charge in [-0.2, -0.15) is 0 Å². The van der Waals surface area contributed by atoms with Crippen molar-refractivity contribution >= 4 is 17.9 Å². The number of carbonyl (C=O) groups is 3. The van der Waals surface area contributed by atoms with Crippen LogP contribution in [0.15, 0.2) is 0 Å². The van der Waals surface area contributed by atoms with Crippen molar-refractivity contribution in [2.24, 2.45) is 0 Å². The molecule has 3 N–H and O–H groups in total. The maximum Gasteiger partial charge on any atom is 0.328 e. The fraction of sp³-hybridized carbons (Fsp3) is 0.769. The number of piperazine rings is 1. The van der Waals surface area contributed by atoms with Gasteiger partial charge in [-0.3, -0.25) is 9.69 Å². The molecule has 2 aliphatic heterocycles. The number of aliphatic carboxylic acids is 1. The van der Waals surface area contributed by atoms with Crippen molar-refractivity contribution in [3.8, 4) is 0 Å². The number of carboxylic acid groups (broad SMARTS) is 1. The Morgan fingerprint density at radius 2 is 2.00 bits per heavy atom. The summed E-state index contributed by atoms with van der Waals surface area (Å²) >= 11 is 0. The number of likely N-dealkylation sites (tertiary alicyclic amines) is 1. The van der Waals surface area contributed by atoms with Crippen LogP contribution in [0, 0.1) is 0 Å². The third kappa shape index (κ3) is 4.32. The zero-order valence-corrected chi connectivity index (χ0v) is 12.0. The quantitative estimate of drug-likeness (QED) is 0.622. The van der Waals surface area contributed by atoms with Gasteiger partial charge in [0.1, 0.15) is 12.6 Å². The average Bonchev–Trinajstić information content (AvgIpc) is 2.47. The molecule has 2 fully saturated rings. The summed E-state index contributed by atoms with van der Waals surface area (Å²) in [4.78, 5) is 37.9. The molecule has 2 rings (SSSR count). The van der Waals surface area contributed by atoms with Crippen LogP contribution in [0.3, 0.4) is 0 Å². The van der Waals surface area contributed by atoms with Gasteiger partial charge in [0.15, 0.2) is 0 Å². The SMILES string of the molecule is O=C1CN(C(=O)NCCN2CCCCC2)C(C(=O)O)CN1. The van der Waals surface area contributed by atoms with E-state index in [2.05, 4.69) is 15.5 Å². The number of rotatable bonds is 4. The van der Waals surface area contributed by atoms with Crippen molar-refractivity contribution < 1.29 is 19.5 Å². The summed E-state index contributed by atoms with van der Waals surface area (Å²) < 4.78 is 0. The van der Waals surface area contributed by atoms with E-state index in [-0.39, 0.29) is 19.0 Å². The normalized spacial score (nSPS) is 23.5. The molecule has 0 aromatic rings. The van der Waals surface area contributed by atoms with E-state index in [0.29, 0.717) is 6.54 Å². The summed E-state index contributed by atoms with van der Waals surface area (Å²) in [6.07, 6.45) is 3.62. The number of carbonyl (C=O) groups excluding carboxylic acids is 2. The number of amides is 3. The second-order valence-corrected chi connectivity index (χ2v) is 5.42. The smallest absolute Gasteiger partial charge is 0.328 e. The maximum absolute atomic E-state index is 12.1. The molecule has 2 saturated heterocycles. The van der Waals surface area contributed by atoms with Gasteiger partial charge in [-0.1, -0.05) is 6.42 Å². The molecule has 0 bridgehead atoms. The van der Waals surface area contributed by atoms with E-state index in [1.807, 2.05) is 0 Å². The third-order valence-electron chi connectivity index (χ3n) is 3.88. The first-order valence-electron chi connectivity index (χ1n) is 7.34. The predicted molar refractivity (Wildman–Crippen MR) is 74.8 cm³/mol. The summed E-state index contributed by atoms with van der Waals surface area (Å²) in [7, 11) is 0.